The molecular formula is C17H25NO3. The number of benzene rings is 1. The van der Waals surface area contributed by atoms with Gasteiger partial charge in [0.1, 0.15) is 11.8 Å². The summed E-state index contributed by atoms with van der Waals surface area (Å²) < 4.78 is 5.52. The lowest BCUT2D eigenvalue weighted by molar-refractivity contribution is -0.139. The molecule has 0 bridgehead atoms. The van der Waals surface area contributed by atoms with E-state index >= 15 is 0 Å². The Kier molecular flexibility index (Phi) is 4.17. The standard InChI is InChI=1S/C17H25NO3/c1-6-13(16(19)20)18-15-12(8-7-9-14(15)21-5)11(2)10-17(18,3)4/h7-9,11,13H,6,10H2,1-5H3,(H,19,20)/t11-,13-/m0/s1. The summed E-state index contributed by atoms with van der Waals surface area (Å²) in [4.78, 5) is 13.8. The zero-order valence-electron chi connectivity index (χ0n) is 13.5. The van der Waals surface area contributed by atoms with Crippen LogP contribution >= 0.6 is 0 Å². The monoisotopic (exact) mass is 291 g/mol. The Balaban J connectivity index is 2.68. The molecule has 2 rings (SSSR count). The van der Waals surface area contributed by atoms with Gasteiger partial charge in [-0.05, 0) is 44.2 Å². The van der Waals surface area contributed by atoms with Crippen molar-refractivity contribution in [3.63, 3.8) is 0 Å². The van der Waals surface area contributed by atoms with E-state index in [1.54, 1.807) is 7.11 Å². The van der Waals surface area contributed by atoms with Gasteiger partial charge in [0.05, 0.1) is 12.8 Å². The van der Waals surface area contributed by atoms with Crippen LogP contribution in [0.2, 0.25) is 0 Å². The van der Waals surface area contributed by atoms with E-state index in [9.17, 15) is 9.90 Å². The summed E-state index contributed by atoms with van der Waals surface area (Å²) in [7, 11) is 1.64. The molecule has 4 nitrogen and oxygen atoms in total. The summed E-state index contributed by atoms with van der Waals surface area (Å²) in [5, 5.41) is 9.63. The molecule has 0 saturated heterocycles. The lowest BCUT2D eigenvalue weighted by atomic mass is 9.78. The number of carbonyl (C=O) groups is 1. The normalized spacial score (nSPS) is 21.6. The minimum absolute atomic E-state index is 0.222. The number of hydrogen-bond acceptors (Lipinski definition) is 3. The van der Waals surface area contributed by atoms with Gasteiger partial charge in [0.25, 0.3) is 0 Å². The van der Waals surface area contributed by atoms with Crippen molar-refractivity contribution in [3.05, 3.63) is 23.8 Å². The molecule has 0 spiro atoms. The molecule has 1 aromatic carbocycles. The maximum absolute atomic E-state index is 11.7. The van der Waals surface area contributed by atoms with Crippen molar-refractivity contribution in [1.29, 1.82) is 0 Å². The molecule has 0 aliphatic carbocycles. The fourth-order valence-electron chi connectivity index (χ4n) is 3.67. The van der Waals surface area contributed by atoms with Crippen LogP contribution in [0.25, 0.3) is 0 Å². The number of nitrogens with zero attached hydrogens (tertiary/aromatic N) is 1. The molecular weight excluding hydrogens is 266 g/mol. The van der Waals surface area contributed by atoms with Crippen molar-refractivity contribution in [2.75, 3.05) is 12.0 Å². The summed E-state index contributed by atoms with van der Waals surface area (Å²) in [5.41, 5.74) is 1.89. The van der Waals surface area contributed by atoms with E-state index in [0.717, 1.165) is 17.9 Å². The maximum atomic E-state index is 11.7. The molecule has 0 amide bonds. The first-order chi connectivity index (χ1) is 9.83. The second-order valence-electron chi connectivity index (χ2n) is 6.45. The van der Waals surface area contributed by atoms with Gasteiger partial charge in [-0.3, -0.25) is 0 Å². The average molecular weight is 291 g/mol. The molecule has 21 heavy (non-hydrogen) atoms. The second kappa shape index (κ2) is 5.58. The Morgan fingerprint density at radius 2 is 2.19 bits per heavy atom. The third-order valence-electron chi connectivity index (χ3n) is 4.46. The van der Waals surface area contributed by atoms with E-state index in [4.69, 9.17) is 4.74 Å². The first kappa shape index (κ1) is 15.7. The molecule has 0 fully saturated rings. The molecule has 1 aromatic rings. The SMILES string of the molecule is CC[C@@H](C(=O)O)N1c2c(OC)cccc2[C@@H](C)CC1(C)C. The Labute approximate surface area is 126 Å². The van der Waals surface area contributed by atoms with E-state index in [1.165, 1.54) is 5.56 Å². The highest BCUT2D eigenvalue weighted by atomic mass is 16.5. The molecule has 0 unspecified atom stereocenters. The lowest BCUT2D eigenvalue weighted by Crippen LogP contribution is -2.56. The Morgan fingerprint density at radius 1 is 1.52 bits per heavy atom. The number of carboxylic acid groups (broad SMARTS) is 1. The predicted molar refractivity (Wildman–Crippen MR) is 84.3 cm³/mol. The van der Waals surface area contributed by atoms with Gasteiger partial charge in [-0.1, -0.05) is 26.0 Å². The maximum Gasteiger partial charge on any atom is 0.326 e. The van der Waals surface area contributed by atoms with Gasteiger partial charge >= 0.3 is 5.97 Å². The number of hydrogen-bond donors (Lipinski definition) is 1. The number of para-hydroxylation sites is 1. The zero-order chi connectivity index (χ0) is 15.8. The quantitative estimate of drug-likeness (QED) is 0.920. The Hall–Kier alpha value is -1.71. The summed E-state index contributed by atoms with van der Waals surface area (Å²) in [6.07, 6.45) is 1.49. The fraction of sp³-hybridized carbons (Fsp3) is 0.588. The minimum atomic E-state index is -0.781. The van der Waals surface area contributed by atoms with E-state index in [2.05, 4.69) is 26.8 Å². The van der Waals surface area contributed by atoms with Crippen molar-refractivity contribution in [2.45, 2.75) is 58.0 Å². The van der Waals surface area contributed by atoms with Crippen LogP contribution in [0.15, 0.2) is 18.2 Å². The van der Waals surface area contributed by atoms with Crippen molar-refractivity contribution in [1.82, 2.24) is 0 Å². The van der Waals surface area contributed by atoms with E-state index in [0.29, 0.717) is 12.3 Å². The molecule has 1 N–H and O–H groups in total. The van der Waals surface area contributed by atoms with Gasteiger partial charge in [0, 0.05) is 5.54 Å². The molecule has 0 radical (unpaired) electrons. The van der Waals surface area contributed by atoms with E-state index in [-0.39, 0.29) is 5.54 Å². The summed E-state index contributed by atoms with van der Waals surface area (Å²) >= 11 is 0. The van der Waals surface area contributed by atoms with Gasteiger partial charge in [-0.15, -0.1) is 0 Å². The van der Waals surface area contributed by atoms with E-state index in [1.807, 2.05) is 24.0 Å². The third kappa shape index (κ3) is 2.59. The predicted octanol–water partition coefficient (Wildman–Crippen LogP) is 3.65. The van der Waals surface area contributed by atoms with Crippen molar-refractivity contribution in [3.8, 4) is 5.75 Å². The number of ether oxygens (including phenoxy) is 1. The first-order valence-electron chi connectivity index (χ1n) is 7.52. The highest BCUT2D eigenvalue weighted by Crippen LogP contribution is 2.48. The van der Waals surface area contributed by atoms with Gasteiger partial charge in [-0.2, -0.15) is 0 Å². The molecule has 1 heterocycles. The van der Waals surface area contributed by atoms with Crippen LogP contribution in [-0.4, -0.2) is 29.8 Å². The van der Waals surface area contributed by atoms with Crippen LogP contribution in [0.1, 0.15) is 52.0 Å². The van der Waals surface area contributed by atoms with Crippen molar-refractivity contribution < 1.29 is 14.6 Å². The van der Waals surface area contributed by atoms with Crippen LogP contribution in [0, 0.1) is 0 Å². The number of carboxylic acids is 1. The van der Waals surface area contributed by atoms with Crippen LogP contribution < -0.4 is 9.64 Å². The zero-order valence-corrected chi connectivity index (χ0v) is 13.5. The highest BCUT2D eigenvalue weighted by molar-refractivity contribution is 5.82. The Bertz CT molecular complexity index is 539. The van der Waals surface area contributed by atoms with Gasteiger partial charge in [0.15, 0.2) is 0 Å². The summed E-state index contributed by atoms with van der Waals surface area (Å²) in [6.45, 7) is 8.34. The number of fused-ring (bicyclic) bond motifs is 1. The lowest BCUT2D eigenvalue weighted by Gasteiger charge is -2.50. The molecule has 2 atom stereocenters. The molecule has 1 aliphatic heterocycles. The number of methoxy groups -OCH3 is 1. The first-order valence-corrected chi connectivity index (χ1v) is 7.52. The van der Waals surface area contributed by atoms with Crippen LogP contribution in [0.5, 0.6) is 5.75 Å². The number of rotatable bonds is 4. The van der Waals surface area contributed by atoms with Crippen molar-refractivity contribution >= 4 is 11.7 Å². The fourth-order valence-corrected chi connectivity index (χ4v) is 3.67. The van der Waals surface area contributed by atoms with Gasteiger partial charge in [-0.25, -0.2) is 4.79 Å². The molecule has 116 valence electrons. The van der Waals surface area contributed by atoms with Crippen LogP contribution in [0.4, 0.5) is 5.69 Å². The van der Waals surface area contributed by atoms with Gasteiger partial charge in [0.2, 0.25) is 0 Å². The summed E-state index contributed by atoms with van der Waals surface area (Å²) in [5.74, 6) is 0.358. The summed E-state index contributed by atoms with van der Waals surface area (Å²) in [6, 6.07) is 5.43. The van der Waals surface area contributed by atoms with Gasteiger partial charge < -0.3 is 14.7 Å². The van der Waals surface area contributed by atoms with Crippen LogP contribution in [-0.2, 0) is 4.79 Å². The molecule has 0 saturated carbocycles. The molecule has 4 heteroatoms. The highest BCUT2D eigenvalue weighted by Gasteiger charge is 2.43. The average Bonchev–Trinajstić information content (AvgIpc) is 2.41. The Morgan fingerprint density at radius 3 is 2.71 bits per heavy atom. The second-order valence-corrected chi connectivity index (χ2v) is 6.45. The smallest absolute Gasteiger partial charge is 0.326 e. The van der Waals surface area contributed by atoms with E-state index < -0.39 is 12.0 Å². The molecule has 0 aromatic heterocycles. The topological polar surface area (TPSA) is 49.8 Å². The minimum Gasteiger partial charge on any atom is -0.495 e. The van der Waals surface area contributed by atoms with Crippen molar-refractivity contribution in [2.24, 2.45) is 0 Å². The number of aliphatic carboxylic acids is 1. The largest absolute Gasteiger partial charge is 0.495 e. The third-order valence-corrected chi connectivity index (χ3v) is 4.46. The molecule has 1 aliphatic rings. The van der Waals surface area contributed by atoms with Crippen LogP contribution in [0.3, 0.4) is 0 Å². The number of anilines is 1.